The van der Waals surface area contributed by atoms with E-state index in [0.29, 0.717) is 25.2 Å². The second-order valence-electron chi connectivity index (χ2n) is 7.17. The van der Waals surface area contributed by atoms with Gasteiger partial charge in [0, 0.05) is 30.1 Å². The Labute approximate surface area is 166 Å². The highest BCUT2D eigenvalue weighted by Crippen LogP contribution is 2.33. The molecule has 150 valence electrons. The number of hydrogen-bond donors (Lipinski definition) is 2. The number of carbonyl (C=O) groups excluding carboxylic acids is 2. The number of ether oxygens (including phenoxy) is 2. The molecule has 2 amide bonds. The number of para-hydroxylation sites is 1. The first kappa shape index (κ1) is 18.0. The van der Waals surface area contributed by atoms with Crippen LogP contribution in [0.1, 0.15) is 33.7 Å². The van der Waals surface area contributed by atoms with Crippen LogP contribution in [0.5, 0.6) is 0 Å². The van der Waals surface area contributed by atoms with Crippen LogP contribution in [-0.4, -0.2) is 48.0 Å². The van der Waals surface area contributed by atoms with Crippen LogP contribution in [0.15, 0.2) is 41.0 Å². The Morgan fingerprint density at radius 2 is 1.97 bits per heavy atom. The SMILES string of the molecule is CNC(=O)[C@H]1Cc2c([nH]c3ccccc23)CN1C(=O)c1occc1C1OCCO1. The number of likely N-dealkylation sites (N-methyl/N-ethyl adjacent to an activating group) is 1. The van der Waals surface area contributed by atoms with Crippen molar-refractivity contribution < 1.29 is 23.5 Å². The second-order valence-corrected chi connectivity index (χ2v) is 7.17. The molecule has 3 aromatic rings. The Kier molecular flexibility index (Phi) is 4.37. The molecular formula is C21H21N3O5. The molecule has 8 heteroatoms. The molecule has 0 bridgehead atoms. The molecule has 2 aliphatic heterocycles. The number of benzene rings is 1. The van der Waals surface area contributed by atoms with Crippen LogP contribution in [-0.2, 0) is 27.2 Å². The van der Waals surface area contributed by atoms with E-state index in [4.69, 9.17) is 13.9 Å². The van der Waals surface area contributed by atoms with Crippen molar-refractivity contribution in [1.29, 1.82) is 0 Å². The van der Waals surface area contributed by atoms with Gasteiger partial charge in [0.1, 0.15) is 6.04 Å². The maximum absolute atomic E-state index is 13.4. The number of fused-ring (bicyclic) bond motifs is 3. The number of amides is 2. The van der Waals surface area contributed by atoms with Gasteiger partial charge in [-0.3, -0.25) is 9.59 Å². The third kappa shape index (κ3) is 2.92. The maximum atomic E-state index is 13.4. The minimum Gasteiger partial charge on any atom is -0.459 e. The summed E-state index contributed by atoms with van der Waals surface area (Å²) in [7, 11) is 1.58. The fraction of sp³-hybridized carbons (Fsp3) is 0.333. The Balaban J connectivity index is 1.53. The van der Waals surface area contributed by atoms with E-state index in [2.05, 4.69) is 10.3 Å². The number of aromatic amines is 1. The van der Waals surface area contributed by atoms with Gasteiger partial charge in [-0.25, -0.2) is 0 Å². The molecule has 8 nitrogen and oxygen atoms in total. The number of furan rings is 1. The van der Waals surface area contributed by atoms with Gasteiger partial charge in [-0.1, -0.05) is 18.2 Å². The molecule has 5 rings (SSSR count). The molecule has 0 spiro atoms. The summed E-state index contributed by atoms with van der Waals surface area (Å²) in [6, 6.07) is 9.00. The highest BCUT2D eigenvalue weighted by molar-refractivity contribution is 5.98. The molecule has 2 aromatic heterocycles. The van der Waals surface area contributed by atoms with Gasteiger partial charge in [-0.15, -0.1) is 0 Å². The van der Waals surface area contributed by atoms with Crippen molar-refractivity contribution in [1.82, 2.24) is 15.2 Å². The molecule has 2 aliphatic rings. The first-order valence-corrected chi connectivity index (χ1v) is 9.59. The van der Waals surface area contributed by atoms with Gasteiger partial charge in [0.2, 0.25) is 5.91 Å². The van der Waals surface area contributed by atoms with E-state index in [1.165, 1.54) is 6.26 Å². The lowest BCUT2D eigenvalue weighted by Crippen LogP contribution is -2.52. The van der Waals surface area contributed by atoms with E-state index < -0.39 is 12.3 Å². The van der Waals surface area contributed by atoms with Crippen molar-refractivity contribution in [2.24, 2.45) is 0 Å². The van der Waals surface area contributed by atoms with Crippen LogP contribution >= 0.6 is 0 Å². The van der Waals surface area contributed by atoms with Crippen LogP contribution in [0.25, 0.3) is 10.9 Å². The Morgan fingerprint density at radius 3 is 2.76 bits per heavy atom. The first-order valence-electron chi connectivity index (χ1n) is 9.59. The van der Waals surface area contributed by atoms with E-state index in [-0.39, 0.29) is 24.1 Å². The van der Waals surface area contributed by atoms with E-state index in [9.17, 15) is 9.59 Å². The van der Waals surface area contributed by atoms with Crippen molar-refractivity contribution in [2.75, 3.05) is 20.3 Å². The molecule has 0 aliphatic carbocycles. The van der Waals surface area contributed by atoms with Gasteiger partial charge in [0.15, 0.2) is 12.1 Å². The largest absolute Gasteiger partial charge is 0.459 e. The van der Waals surface area contributed by atoms with Crippen molar-refractivity contribution >= 4 is 22.7 Å². The summed E-state index contributed by atoms with van der Waals surface area (Å²) in [5, 5.41) is 3.76. The quantitative estimate of drug-likeness (QED) is 0.708. The van der Waals surface area contributed by atoms with E-state index in [1.54, 1.807) is 18.0 Å². The highest BCUT2D eigenvalue weighted by Gasteiger charge is 2.39. The first-order chi connectivity index (χ1) is 14.2. The van der Waals surface area contributed by atoms with Gasteiger partial charge >= 0.3 is 0 Å². The molecule has 0 saturated carbocycles. The fourth-order valence-corrected chi connectivity index (χ4v) is 4.17. The lowest BCUT2D eigenvalue weighted by atomic mass is 9.95. The second kappa shape index (κ2) is 7.06. The summed E-state index contributed by atoms with van der Waals surface area (Å²) in [6.07, 6.45) is 1.25. The predicted molar refractivity (Wildman–Crippen MR) is 103 cm³/mol. The van der Waals surface area contributed by atoms with Crippen LogP contribution in [0, 0.1) is 0 Å². The van der Waals surface area contributed by atoms with Gasteiger partial charge in [0.25, 0.3) is 5.91 Å². The van der Waals surface area contributed by atoms with Gasteiger partial charge in [-0.05, 0) is 17.7 Å². The zero-order chi connectivity index (χ0) is 20.0. The lowest BCUT2D eigenvalue weighted by molar-refractivity contribution is -0.125. The molecule has 1 aromatic carbocycles. The fourth-order valence-electron chi connectivity index (χ4n) is 4.17. The molecule has 0 radical (unpaired) electrons. The summed E-state index contributed by atoms with van der Waals surface area (Å²) < 4.78 is 16.6. The standard InChI is InChI=1S/C21H21N3O5/c1-22-19(25)17-10-14-12-4-2-3-5-15(12)23-16(14)11-24(17)20(26)18-13(6-7-27-18)21-28-8-9-29-21/h2-7,17,21,23H,8-11H2,1H3,(H,22,25)/t17-/m1/s1. The topological polar surface area (TPSA) is 96.8 Å². The van der Waals surface area contributed by atoms with Gasteiger partial charge in [0.05, 0.1) is 31.6 Å². The molecule has 1 fully saturated rings. The summed E-state index contributed by atoms with van der Waals surface area (Å²) in [4.78, 5) is 31.0. The summed E-state index contributed by atoms with van der Waals surface area (Å²) in [5.41, 5.74) is 3.54. The molecule has 0 unspecified atom stereocenters. The number of hydrogen-bond acceptors (Lipinski definition) is 5. The smallest absolute Gasteiger partial charge is 0.291 e. The molecule has 29 heavy (non-hydrogen) atoms. The molecule has 4 heterocycles. The van der Waals surface area contributed by atoms with Gasteiger partial charge < -0.3 is 29.1 Å². The third-order valence-corrected chi connectivity index (χ3v) is 5.58. The molecule has 2 N–H and O–H groups in total. The minimum atomic E-state index is -0.637. The average molecular weight is 395 g/mol. The van der Waals surface area contributed by atoms with Gasteiger partial charge in [-0.2, -0.15) is 0 Å². The van der Waals surface area contributed by atoms with Crippen molar-refractivity contribution in [3.63, 3.8) is 0 Å². The number of aromatic nitrogens is 1. The Bertz CT molecular complexity index is 1080. The predicted octanol–water partition coefficient (Wildman–Crippen LogP) is 2.12. The Morgan fingerprint density at radius 1 is 1.17 bits per heavy atom. The minimum absolute atomic E-state index is 0.144. The average Bonchev–Trinajstić information content (AvgIpc) is 3.50. The van der Waals surface area contributed by atoms with Crippen LogP contribution in [0.3, 0.4) is 0 Å². The van der Waals surface area contributed by atoms with Crippen LogP contribution in [0.2, 0.25) is 0 Å². The normalized spacial score (nSPS) is 19.5. The monoisotopic (exact) mass is 395 g/mol. The van der Waals surface area contributed by atoms with Crippen molar-refractivity contribution in [2.45, 2.75) is 25.3 Å². The number of carbonyl (C=O) groups is 2. The molecule has 1 saturated heterocycles. The van der Waals surface area contributed by atoms with E-state index >= 15 is 0 Å². The lowest BCUT2D eigenvalue weighted by Gasteiger charge is -2.34. The number of H-pyrrole nitrogens is 1. The number of nitrogens with zero attached hydrogens (tertiary/aromatic N) is 1. The maximum Gasteiger partial charge on any atom is 0.291 e. The third-order valence-electron chi connectivity index (χ3n) is 5.58. The Hall–Kier alpha value is -3.10. The summed E-state index contributed by atoms with van der Waals surface area (Å²) >= 11 is 0. The van der Waals surface area contributed by atoms with Crippen molar-refractivity contribution in [3.05, 3.63) is 59.2 Å². The van der Waals surface area contributed by atoms with Crippen LogP contribution < -0.4 is 5.32 Å². The highest BCUT2D eigenvalue weighted by atomic mass is 16.7. The number of rotatable bonds is 3. The zero-order valence-electron chi connectivity index (χ0n) is 15.9. The van der Waals surface area contributed by atoms with E-state index in [1.807, 2.05) is 24.3 Å². The summed E-state index contributed by atoms with van der Waals surface area (Å²) in [5.74, 6) is -0.428. The van der Waals surface area contributed by atoms with E-state index in [0.717, 1.165) is 22.2 Å². The molecular weight excluding hydrogens is 374 g/mol. The summed E-state index contributed by atoms with van der Waals surface area (Å²) in [6.45, 7) is 1.21. The van der Waals surface area contributed by atoms with Crippen molar-refractivity contribution in [3.8, 4) is 0 Å². The zero-order valence-corrected chi connectivity index (χ0v) is 15.9. The number of nitrogens with one attached hydrogen (secondary N) is 2. The van der Waals surface area contributed by atoms with Crippen LogP contribution in [0.4, 0.5) is 0 Å². The molecule has 1 atom stereocenters.